The Morgan fingerprint density at radius 3 is 2.34 bits per heavy atom. The number of hydrogen-bond donors (Lipinski definition) is 3. The molecule has 1 aromatic heterocycles. The highest BCUT2D eigenvalue weighted by atomic mass is 31.2. The Hall–Kier alpha value is -5.19. The molecule has 3 amide bonds. The molecule has 0 spiro atoms. The van der Waals surface area contributed by atoms with Gasteiger partial charge in [0.05, 0.1) is 31.0 Å². The van der Waals surface area contributed by atoms with Crippen molar-refractivity contribution < 1.29 is 38.1 Å². The van der Waals surface area contributed by atoms with Gasteiger partial charge in [0.2, 0.25) is 19.2 Å². The van der Waals surface area contributed by atoms with Gasteiger partial charge in [-0.15, -0.1) is 6.58 Å². The monoisotopic (exact) mass is 808 g/mol. The number of hydrogen-bond acceptors (Lipinski definition) is 8. The molecule has 58 heavy (non-hydrogen) atoms. The van der Waals surface area contributed by atoms with E-state index in [0.717, 1.165) is 31.2 Å². The minimum atomic E-state index is -4.06. The fourth-order valence-electron chi connectivity index (χ4n) is 8.29. The Morgan fingerprint density at radius 2 is 1.71 bits per heavy atom. The quantitative estimate of drug-likeness (QED) is 0.0905. The van der Waals surface area contributed by atoms with Gasteiger partial charge in [-0.25, -0.2) is 9.78 Å². The molecule has 2 heterocycles. The summed E-state index contributed by atoms with van der Waals surface area (Å²) in [4.78, 5) is 60.7. The zero-order valence-electron chi connectivity index (χ0n) is 33.6. The van der Waals surface area contributed by atoms with Gasteiger partial charge in [0.1, 0.15) is 41.1 Å². The summed E-state index contributed by atoms with van der Waals surface area (Å²) in [5, 5.41) is 5.06. The van der Waals surface area contributed by atoms with Crippen LogP contribution in [0.3, 0.4) is 0 Å². The minimum absolute atomic E-state index is 0.00216. The molecular formula is C45H53N4O8P. The van der Waals surface area contributed by atoms with Gasteiger partial charge in [0.15, 0.2) is 0 Å². The third-order valence-electron chi connectivity index (χ3n) is 11.6. The van der Waals surface area contributed by atoms with Gasteiger partial charge in [0, 0.05) is 35.4 Å². The molecule has 4 aromatic rings. The fraction of sp³-hybridized carbons (Fsp3) is 0.422. The molecule has 1 saturated heterocycles. The van der Waals surface area contributed by atoms with Gasteiger partial charge >= 0.3 is 6.09 Å². The molecule has 6 atom stereocenters. The van der Waals surface area contributed by atoms with Crippen LogP contribution in [0.15, 0.2) is 97.6 Å². The van der Waals surface area contributed by atoms with Crippen LogP contribution in [-0.2, 0) is 25.1 Å². The Kier molecular flexibility index (Phi) is 11.7. The van der Waals surface area contributed by atoms with Crippen molar-refractivity contribution in [3.05, 3.63) is 103 Å². The first-order valence-electron chi connectivity index (χ1n) is 20.0. The number of benzene rings is 3. The van der Waals surface area contributed by atoms with E-state index < -0.39 is 60.1 Å². The first-order chi connectivity index (χ1) is 27.7. The topological polar surface area (TPSA) is 156 Å². The van der Waals surface area contributed by atoms with Crippen LogP contribution in [0.2, 0.25) is 0 Å². The number of carbonyl (C=O) groups excluding carboxylic acids is 3. The summed E-state index contributed by atoms with van der Waals surface area (Å²) in [6.07, 6.45) is 3.66. The highest BCUT2D eigenvalue weighted by Gasteiger charge is 2.65. The Bertz CT molecular complexity index is 2210. The van der Waals surface area contributed by atoms with Gasteiger partial charge in [-0.3, -0.25) is 14.2 Å². The van der Waals surface area contributed by atoms with Crippen LogP contribution in [0.1, 0.15) is 64.9 Å². The van der Waals surface area contributed by atoms with E-state index in [4.69, 9.17) is 19.2 Å². The van der Waals surface area contributed by atoms with E-state index in [0.29, 0.717) is 33.7 Å². The number of likely N-dealkylation sites (tertiary alicyclic amines) is 1. The molecule has 3 aliphatic rings. The van der Waals surface area contributed by atoms with Gasteiger partial charge in [-0.2, -0.15) is 0 Å². The number of ether oxygens (including phenoxy) is 3. The van der Waals surface area contributed by atoms with Crippen molar-refractivity contribution in [1.82, 2.24) is 20.5 Å². The van der Waals surface area contributed by atoms with Crippen molar-refractivity contribution in [3.8, 4) is 22.8 Å². The fourth-order valence-corrected chi connectivity index (χ4v) is 10.7. The molecule has 2 unspecified atom stereocenters. The summed E-state index contributed by atoms with van der Waals surface area (Å²) < 4.78 is 32.2. The van der Waals surface area contributed by atoms with E-state index in [1.807, 2.05) is 81.4 Å². The lowest BCUT2D eigenvalue weighted by molar-refractivity contribution is -0.142. The predicted octanol–water partition coefficient (Wildman–Crippen LogP) is 7.83. The van der Waals surface area contributed by atoms with Crippen LogP contribution in [-0.4, -0.2) is 75.9 Å². The molecule has 306 valence electrons. The maximum absolute atomic E-state index is 14.8. The van der Waals surface area contributed by atoms with Crippen molar-refractivity contribution in [3.63, 3.8) is 0 Å². The maximum Gasteiger partial charge on any atom is 0.408 e. The first-order valence-corrected chi connectivity index (χ1v) is 21.8. The molecule has 12 nitrogen and oxygen atoms in total. The van der Waals surface area contributed by atoms with Crippen LogP contribution in [0.5, 0.6) is 11.5 Å². The second kappa shape index (κ2) is 16.6. The van der Waals surface area contributed by atoms with E-state index >= 15 is 0 Å². The summed E-state index contributed by atoms with van der Waals surface area (Å²) in [6, 6.07) is 23.9. The van der Waals surface area contributed by atoms with E-state index in [2.05, 4.69) is 17.2 Å². The number of rotatable bonds is 13. The zero-order chi connectivity index (χ0) is 41.2. The number of alkyl carbamates (subject to hydrolysis) is 1. The summed E-state index contributed by atoms with van der Waals surface area (Å²) in [7, 11) is -2.48. The maximum atomic E-state index is 14.8. The number of carbonyl (C=O) groups is 3. The number of methoxy groups -OCH3 is 1. The standard InChI is InChI=1S/C45H53N4O8P/c1-6-31-26-45(31,58(53,54)28-29-15-9-7-10-16-29)48-41(50)38-24-34(27-49(38)42(51)40(44(2,3)4)47-43(52)57-32-19-13-14-20-32)56-39-25-36(30-17-11-8-12-18-30)46-37-23-33(55-5)21-22-35(37)39/h6-12,15-18,21-23,25,31-32,34,38,40H,1,13-14,19-20,24,26-28H2,2-5H3,(H,47,52)(H,48,50)(H,53,54)/t31-,34-,38+,40?,45+/m1/s1. The molecule has 1 aliphatic heterocycles. The molecule has 2 saturated carbocycles. The lowest BCUT2D eigenvalue weighted by Gasteiger charge is -2.36. The molecule has 0 bridgehead atoms. The van der Waals surface area contributed by atoms with Crippen molar-refractivity contribution in [2.45, 2.75) is 95.0 Å². The highest BCUT2D eigenvalue weighted by molar-refractivity contribution is 7.59. The summed E-state index contributed by atoms with van der Waals surface area (Å²) in [5.74, 6) is -0.388. The summed E-state index contributed by atoms with van der Waals surface area (Å²) in [6.45, 7) is 9.41. The molecule has 3 aromatic carbocycles. The van der Waals surface area contributed by atoms with Gasteiger partial charge in [-0.1, -0.05) is 87.5 Å². The normalized spacial score (nSPS) is 23.4. The van der Waals surface area contributed by atoms with E-state index in [1.54, 1.807) is 37.5 Å². The van der Waals surface area contributed by atoms with Gasteiger partial charge in [0.25, 0.3) is 0 Å². The molecule has 7 rings (SSSR count). The predicted molar refractivity (Wildman–Crippen MR) is 223 cm³/mol. The summed E-state index contributed by atoms with van der Waals surface area (Å²) in [5.41, 5.74) is 2.06. The van der Waals surface area contributed by atoms with Crippen molar-refractivity contribution in [2.24, 2.45) is 11.3 Å². The van der Waals surface area contributed by atoms with Gasteiger partial charge < -0.3 is 34.6 Å². The van der Waals surface area contributed by atoms with Crippen LogP contribution in [0.25, 0.3) is 22.2 Å². The Balaban J connectivity index is 1.22. The molecule has 2 aliphatic carbocycles. The molecule has 3 fully saturated rings. The lowest BCUT2D eigenvalue weighted by Crippen LogP contribution is -2.58. The Morgan fingerprint density at radius 1 is 1.02 bits per heavy atom. The van der Waals surface area contributed by atoms with E-state index in [9.17, 15) is 23.8 Å². The van der Waals surface area contributed by atoms with Crippen LogP contribution < -0.4 is 20.1 Å². The van der Waals surface area contributed by atoms with E-state index in [1.165, 1.54) is 4.90 Å². The van der Waals surface area contributed by atoms with Crippen LogP contribution in [0.4, 0.5) is 4.79 Å². The van der Waals surface area contributed by atoms with Crippen LogP contribution >= 0.6 is 7.37 Å². The largest absolute Gasteiger partial charge is 0.497 e. The number of fused-ring (bicyclic) bond motifs is 1. The summed E-state index contributed by atoms with van der Waals surface area (Å²) >= 11 is 0. The third-order valence-corrected chi connectivity index (χ3v) is 14.3. The highest BCUT2D eigenvalue weighted by Crippen LogP contribution is 2.70. The van der Waals surface area contributed by atoms with Crippen molar-refractivity contribution in [2.75, 3.05) is 13.7 Å². The molecule has 3 N–H and O–H groups in total. The third kappa shape index (κ3) is 8.64. The smallest absolute Gasteiger partial charge is 0.408 e. The van der Waals surface area contributed by atoms with E-state index in [-0.39, 0.29) is 31.7 Å². The second-order valence-corrected chi connectivity index (χ2v) is 19.3. The number of nitrogens with zero attached hydrogens (tertiary/aromatic N) is 2. The van der Waals surface area contributed by atoms with Crippen LogP contribution in [0, 0.1) is 11.3 Å². The number of aromatic nitrogens is 1. The molecule has 13 heteroatoms. The van der Waals surface area contributed by atoms with Crippen molar-refractivity contribution in [1.29, 1.82) is 0 Å². The Labute approximate surface area is 339 Å². The average molecular weight is 809 g/mol. The zero-order valence-corrected chi connectivity index (χ0v) is 34.5. The number of amides is 3. The number of pyridine rings is 1. The molecule has 0 radical (unpaired) electrons. The number of nitrogens with one attached hydrogen (secondary N) is 2. The van der Waals surface area contributed by atoms with Crippen molar-refractivity contribution >= 4 is 36.2 Å². The minimum Gasteiger partial charge on any atom is -0.497 e. The average Bonchev–Trinajstić information content (AvgIpc) is 3.46. The first kappa shape index (κ1) is 41.0. The molecular weight excluding hydrogens is 755 g/mol. The second-order valence-electron chi connectivity index (χ2n) is 16.8. The van der Waals surface area contributed by atoms with Gasteiger partial charge in [-0.05, 0) is 55.2 Å². The SMILES string of the molecule is C=C[C@@H]1C[C@]1(NC(=O)[C@@H]1C[C@@H](Oc2cc(-c3ccccc3)nc3cc(OC)ccc23)CN1C(=O)C(NC(=O)OC1CCCC1)C(C)(C)C)P(=O)(O)Cc1ccccc1. The lowest BCUT2D eigenvalue weighted by atomic mass is 9.85.